The van der Waals surface area contributed by atoms with Gasteiger partial charge in [-0.2, -0.15) is 0 Å². The number of nitrogens with one attached hydrogen (secondary N) is 1. The van der Waals surface area contributed by atoms with Crippen LogP contribution in [0.3, 0.4) is 0 Å². The van der Waals surface area contributed by atoms with Gasteiger partial charge in [0.2, 0.25) is 5.91 Å². The van der Waals surface area contributed by atoms with Crippen molar-refractivity contribution in [1.82, 2.24) is 5.32 Å². The van der Waals surface area contributed by atoms with E-state index >= 15 is 0 Å². The summed E-state index contributed by atoms with van der Waals surface area (Å²) < 4.78 is 0. The van der Waals surface area contributed by atoms with Crippen LogP contribution < -0.4 is 5.32 Å². The summed E-state index contributed by atoms with van der Waals surface area (Å²) in [6.07, 6.45) is 0. The van der Waals surface area contributed by atoms with E-state index in [2.05, 4.69) is 17.2 Å². The van der Waals surface area contributed by atoms with E-state index in [1.807, 2.05) is 32.2 Å². The normalized spacial score (nSPS) is 10.6. The first-order chi connectivity index (χ1) is 7.95. The summed E-state index contributed by atoms with van der Waals surface area (Å²) in [7, 11) is 0. The van der Waals surface area contributed by atoms with E-state index in [0.29, 0.717) is 6.54 Å². The van der Waals surface area contributed by atoms with E-state index in [9.17, 15) is 4.79 Å². The molecular formula is C13H17NO2S. The molecular weight excluding hydrogens is 234 g/mol. The SMILES string of the molecule is CC(C)(C)C(=O)NCc1sccc1C#CCO. The lowest BCUT2D eigenvalue weighted by atomic mass is 9.96. The molecule has 1 heterocycles. The number of carbonyl (C=O) groups excluding carboxylic acids is 1. The van der Waals surface area contributed by atoms with Crippen LogP contribution in [0.15, 0.2) is 11.4 Å². The fourth-order valence-corrected chi connectivity index (χ4v) is 1.92. The van der Waals surface area contributed by atoms with E-state index in [1.165, 1.54) is 0 Å². The molecule has 0 aliphatic carbocycles. The molecule has 0 aliphatic rings. The van der Waals surface area contributed by atoms with Crippen molar-refractivity contribution in [1.29, 1.82) is 0 Å². The Labute approximate surface area is 106 Å². The topological polar surface area (TPSA) is 49.3 Å². The molecule has 4 heteroatoms. The minimum Gasteiger partial charge on any atom is -0.384 e. The molecule has 0 aliphatic heterocycles. The molecule has 92 valence electrons. The number of hydrogen-bond donors (Lipinski definition) is 2. The summed E-state index contributed by atoms with van der Waals surface area (Å²) in [4.78, 5) is 12.7. The van der Waals surface area contributed by atoms with Crippen LogP contribution in [0.1, 0.15) is 31.2 Å². The first-order valence-electron chi connectivity index (χ1n) is 5.39. The quantitative estimate of drug-likeness (QED) is 0.787. The molecule has 17 heavy (non-hydrogen) atoms. The highest BCUT2D eigenvalue weighted by Crippen LogP contribution is 2.17. The lowest BCUT2D eigenvalue weighted by Gasteiger charge is -2.17. The van der Waals surface area contributed by atoms with Gasteiger partial charge < -0.3 is 10.4 Å². The van der Waals surface area contributed by atoms with Crippen LogP contribution in [-0.2, 0) is 11.3 Å². The maximum Gasteiger partial charge on any atom is 0.225 e. The predicted octanol–water partition coefficient (Wildman–Crippen LogP) is 1.75. The highest BCUT2D eigenvalue weighted by Gasteiger charge is 2.20. The minimum absolute atomic E-state index is 0.0203. The Kier molecular flexibility index (Phi) is 4.73. The zero-order chi connectivity index (χ0) is 12.9. The van der Waals surface area contributed by atoms with Gasteiger partial charge in [-0.05, 0) is 11.4 Å². The van der Waals surface area contributed by atoms with Gasteiger partial charge >= 0.3 is 0 Å². The standard InChI is InChI=1S/C13H17NO2S/c1-13(2,3)12(16)14-9-11-10(5-4-7-15)6-8-17-11/h6,8,15H,7,9H2,1-3H3,(H,14,16). The van der Waals surface area contributed by atoms with E-state index in [-0.39, 0.29) is 17.9 Å². The first kappa shape index (κ1) is 13.8. The molecule has 0 fully saturated rings. The Hall–Kier alpha value is -1.31. The molecule has 1 aromatic rings. The maximum atomic E-state index is 11.7. The molecule has 0 atom stereocenters. The zero-order valence-electron chi connectivity index (χ0n) is 10.3. The second-order valence-corrected chi connectivity index (χ2v) is 5.65. The number of hydrogen-bond acceptors (Lipinski definition) is 3. The molecule has 1 rings (SSSR count). The molecule has 0 saturated carbocycles. The molecule has 0 saturated heterocycles. The minimum atomic E-state index is -0.381. The number of aliphatic hydroxyl groups excluding tert-OH is 1. The molecule has 0 aromatic carbocycles. The van der Waals surface area contributed by atoms with E-state index in [4.69, 9.17) is 5.11 Å². The van der Waals surface area contributed by atoms with Gasteiger partial charge in [0.1, 0.15) is 6.61 Å². The number of carbonyl (C=O) groups is 1. The fourth-order valence-electron chi connectivity index (χ4n) is 1.15. The summed E-state index contributed by atoms with van der Waals surface area (Å²) in [6.45, 7) is 5.97. The molecule has 0 radical (unpaired) electrons. The van der Waals surface area contributed by atoms with E-state index in [1.54, 1.807) is 11.3 Å². The maximum absolute atomic E-state index is 11.7. The lowest BCUT2D eigenvalue weighted by Crippen LogP contribution is -2.34. The summed E-state index contributed by atoms with van der Waals surface area (Å²) in [5.74, 6) is 5.49. The van der Waals surface area contributed by atoms with Crippen molar-refractivity contribution in [2.75, 3.05) is 6.61 Å². The van der Waals surface area contributed by atoms with Crippen LogP contribution in [0.25, 0.3) is 0 Å². The smallest absolute Gasteiger partial charge is 0.225 e. The third-order valence-electron chi connectivity index (χ3n) is 2.14. The van der Waals surface area contributed by atoms with Crippen LogP contribution in [0.5, 0.6) is 0 Å². The summed E-state index contributed by atoms with van der Waals surface area (Å²) in [6, 6.07) is 1.89. The third kappa shape index (κ3) is 4.22. The zero-order valence-corrected chi connectivity index (χ0v) is 11.1. The van der Waals surface area contributed by atoms with E-state index in [0.717, 1.165) is 10.4 Å². The second-order valence-electron chi connectivity index (χ2n) is 4.65. The average Bonchev–Trinajstić information content (AvgIpc) is 2.69. The monoisotopic (exact) mass is 251 g/mol. The Morgan fingerprint density at radius 2 is 2.24 bits per heavy atom. The van der Waals surface area contributed by atoms with Gasteiger partial charge in [-0.15, -0.1) is 11.3 Å². The van der Waals surface area contributed by atoms with Crippen LogP contribution in [-0.4, -0.2) is 17.6 Å². The van der Waals surface area contributed by atoms with Gasteiger partial charge in [0.15, 0.2) is 0 Å². The molecule has 0 bridgehead atoms. The Morgan fingerprint density at radius 1 is 1.53 bits per heavy atom. The van der Waals surface area contributed by atoms with Crippen molar-refractivity contribution in [2.24, 2.45) is 5.41 Å². The number of rotatable bonds is 2. The van der Waals surface area contributed by atoms with E-state index < -0.39 is 0 Å². The lowest BCUT2D eigenvalue weighted by molar-refractivity contribution is -0.128. The third-order valence-corrected chi connectivity index (χ3v) is 3.06. The highest BCUT2D eigenvalue weighted by atomic mass is 32.1. The van der Waals surface area contributed by atoms with Crippen molar-refractivity contribution < 1.29 is 9.90 Å². The fraction of sp³-hybridized carbons (Fsp3) is 0.462. The van der Waals surface area contributed by atoms with Crippen LogP contribution >= 0.6 is 11.3 Å². The highest BCUT2D eigenvalue weighted by molar-refractivity contribution is 7.10. The molecule has 3 nitrogen and oxygen atoms in total. The molecule has 0 unspecified atom stereocenters. The van der Waals surface area contributed by atoms with Gasteiger partial charge in [0.05, 0.1) is 6.54 Å². The Morgan fingerprint density at radius 3 is 2.82 bits per heavy atom. The predicted molar refractivity (Wildman–Crippen MR) is 69.6 cm³/mol. The molecule has 1 amide bonds. The van der Waals surface area contributed by atoms with Gasteiger partial charge in [-0.3, -0.25) is 4.79 Å². The van der Waals surface area contributed by atoms with Gasteiger partial charge in [0.25, 0.3) is 0 Å². The number of thiophene rings is 1. The Balaban J connectivity index is 2.64. The number of amides is 1. The van der Waals surface area contributed by atoms with Crippen molar-refractivity contribution >= 4 is 17.2 Å². The number of aliphatic hydroxyl groups is 1. The molecule has 1 aromatic heterocycles. The molecule has 2 N–H and O–H groups in total. The Bertz CT molecular complexity index is 446. The average molecular weight is 251 g/mol. The van der Waals surface area contributed by atoms with Crippen molar-refractivity contribution in [3.63, 3.8) is 0 Å². The van der Waals surface area contributed by atoms with Crippen LogP contribution in [0.2, 0.25) is 0 Å². The van der Waals surface area contributed by atoms with Crippen LogP contribution in [0.4, 0.5) is 0 Å². The van der Waals surface area contributed by atoms with Crippen molar-refractivity contribution in [2.45, 2.75) is 27.3 Å². The van der Waals surface area contributed by atoms with Crippen molar-refractivity contribution in [3.8, 4) is 11.8 Å². The van der Waals surface area contributed by atoms with Crippen molar-refractivity contribution in [3.05, 3.63) is 21.9 Å². The summed E-state index contributed by atoms with van der Waals surface area (Å²) in [5, 5.41) is 13.5. The van der Waals surface area contributed by atoms with Gasteiger partial charge in [0, 0.05) is 15.9 Å². The largest absolute Gasteiger partial charge is 0.384 e. The van der Waals surface area contributed by atoms with Gasteiger partial charge in [-0.25, -0.2) is 0 Å². The first-order valence-corrected chi connectivity index (χ1v) is 6.27. The second kappa shape index (κ2) is 5.85. The summed E-state index contributed by atoms with van der Waals surface area (Å²) >= 11 is 1.55. The van der Waals surface area contributed by atoms with Crippen LogP contribution in [0, 0.1) is 17.3 Å². The van der Waals surface area contributed by atoms with Gasteiger partial charge in [-0.1, -0.05) is 32.6 Å². The molecule has 0 spiro atoms. The summed E-state index contributed by atoms with van der Waals surface area (Å²) in [5.41, 5.74) is 0.493.